The van der Waals surface area contributed by atoms with Gasteiger partial charge in [0.2, 0.25) is 0 Å². The van der Waals surface area contributed by atoms with Gasteiger partial charge in [-0.3, -0.25) is 0 Å². The summed E-state index contributed by atoms with van der Waals surface area (Å²) in [5.74, 6) is 0. The van der Waals surface area contributed by atoms with Gasteiger partial charge in [-0.25, -0.2) is 0 Å². The highest BCUT2D eigenvalue weighted by Gasteiger charge is 2.06. The second kappa shape index (κ2) is 9.20. The van der Waals surface area contributed by atoms with Gasteiger partial charge < -0.3 is 10.1 Å². The first-order valence-corrected chi connectivity index (χ1v) is 6.63. The minimum Gasteiger partial charge on any atom is -0.385 e. The number of hydrogen-bond donors (Lipinski definition) is 1. The first-order valence-electron chi connectivity index (χ1n) is 6.63. The fourth-order valence-electron chi connectivity index (χ4n) is 2.10. The van der Waals surface area contributed by atoms with Crippen molar-refractivity contribution in [1.82, 2.24) is 5.32 Å². The predicted molar refractivity (Wildman–Crippen MR) is 73.3 cm³/mol. The fraction of sp³-hybridized carbons (Fsp3) is 0.600. The molecule has 0 fully saturated rings. The third kappa shape index (κ3) is 6.44. The van der Waals surface area contributed by atoms with E-state index in [1.807, 2.05) is 0 Å². The van der Waals surface area contributed by atoms with Gasteiger partial charge in [0.05, 0.1) is 0 Å². The van der Waals surface area contributed by atoms with Crippen molar-refractivity contribution in [2.45, 2.75) is 38.6 Å². The normalized spacial score (nSPS) is 12.6. The molecule has 0 spiro atoms. The minimum atomic E-state index is 0.621. The summed E-state index contributed by atoms with van der Waals surface area (Å²) in [6.07, 6.45) is 4.71. The summed E-state index contributed by atoms with van der Waals surface area (Å²) in [5.41, 5.74) is 1.43. The maximum Gasteiger partial charge on any atom is 0.0462 e. The second-order valence-electron chi connectivity index (χ2n) is 4.41. The number of ether oxygens (including phenoxy) is 1. The van der Waals surface area contributed by atoms with Crippen LogP contribution >= 0.6 is 0 Å². The summed E-state index contributed by atoms with van der Waals surface area (Å²) in [6.45, 7) is 4.09. The van der Waals surface area contributed by atoms with Crippen molar-refractivity contribution in [3.05, 3.63) is 35.9 Å². The van der Waals surface area contributed by atoms with Gasteiger partial charge in [-0.1, -0.05) is 37.3 Å². The van der Waals surface area contributed by atoms with E-state index >= 15 is 0 Å². The number of nitrogens with one attached hydrogen (secondary N) is 1. The molecule has 2 nitrogen and oxygen atoms in total. The Hall–Kier alpha value is -0.860. The fourth-order valence-corrected chi connectivity index (χ4v) is 2.10. The topological polar surface area (TPSA) is 21.3 Å². The molecule has 96 valence electrons. The van der Waals surface area contributed by atoms with E-state index in [-0.39, 0.29) is 0 Å². The van der Waals surface area contributed by atoms with E-state index in [1.54, 1.807) is 7.11 Å². The van der Waals surface area contributed by atoms with Crippen LogP contribution in [-0.2, 0) is 11.2 Å². The third-order valence-corrected chi connectivity index (χ3v) is 3.02. The Bertz CT molecular complexity index is 274. The lowest BCUT2D eigenvalue weighted by Crippen LogP contribution is -2.29. The SMILES string of the molecule is CCNC(CCCOC)CCc1ccccc1. The van der Waals surface area contributed by atoms with Crippen LogP contribution in [0.2, 0.25) is 0 Å². The standard InChI is InChI=1S/C15H25NO/c1-3-16-15(10-7-13-17-2)12-11-14-8-5-4-6-9-14/h4-6,8-9,15-16H,3,7,10-13H2,1-2H3. The van der Waals surface area contributed by atoms with Gasteiger partial charge in [0.15, 0.2) is 0 Å². The quantitative estimate of drug-likeness (QED) is 0.664. The molecule has 1 rings (SSSR count). The average Bonchev–Trinajstić information content (AvgIpc) is 2.37. The second-order valence-corrected chi connectivity index (χ2v) is 4.41. The van der Waals surface area contributed by atoms with E-state index in [1.165, 1.54) is 18.4 Å². The molecule has 1 atom stereocenters. The minimum absolute atomic E-state index is 0.621. The maximum absolute atomic E-state index is 5.11. The summed E-state index contributed by atoms with van der Waals surface area (Å²) in [4.78, 5) is 0. The summed E-state index contributed by atoms with van der Waals surface area (Å²) in [7, 11) is 1.77. The highest BCUT2D eigenvalue weighted by Crippen LogP contribution is 2.08. The molecule has 0 bridgehead atoms. The molecule has 1 unspecified atom stereocenters. The Balaban J connectivity index is 2.28. The van der Waals surface area contributed by atoms with Crippen molar-refractivity contribution in [3.63, 3.8) is 0 Å². The molecule has 0 heterocycles. The van der Waals surface area contributed by atoms with Crippen molar-refractivity contribution in [3.8, 4) is 0 Å². The summed E-state index contributed by atoms with van der Waals surface area (Å²) < 4.78 is 5.11. The van der Waals surface area contributed by atoms with E-state index in [0.29, 0.717) is 6.04 Å². The van der Waals surface area contributed by atoms with Crippen molar-refractivity contribution in [2.24, 2.45) is 0 Å². The zero-order valence-electron chi connectivity index (χ0n) is 11.1. The van der Waals surface area contributed by atoms with Gasteiger partial charge in [-0.05, 0) is 37.8 Å². The first-order chi connectivity index (χ1) is 8.36. The van der Waals surface area contributed by atoms with Crippen LogP contribution in [0.3, 0.4) is 0 Å². The van der Waals surface area contributed by atoms with Gasteiger partial charge in [-0.15, -0.1) is 0 Å². The molecule has 1 aromatic rings. The van der Waals surface area contributed by atoms with Crippen molar-refractivity contribution < 1.29 is 4.74 Å². The van der Waals surface area contributed by atoms with E-state index in [9.17, 15) is 0 Å². The largest absolute Gasteiger partial charge is 0.385 e. The Kier molecular flexibility index (Phi) is 7.69. The van der Waals surface area contributed by atoms with Crippen LogP contribution in [0.4, 0.5) is 0 Å². The Morgan fingerprint density at radius 1 is 1.18 bits per heavy atom. The van der Waals surface area contributed by atoms with E-state index in [4.69, 9.17) is 4.74 Å². The van der Waals surface area contributed by atoms with E-state index in [2.05, 4.69) is 42.6 Å². The van der Waals surface area contributed by atoms with Gasteiger partial charge in [0.1, 0.15) is 0 Å². The van der Waals surface area contributed by atoms with Crippen molar-refractivity contribution in [2.75, 3.05) is 20.3 Å². The number of benzene rings is 1. The van der Waals surface area contributed by atoms with Gasteiger partial charge in [0.25, 0.3) is 0 Å². The molecular formula is C15H25NO. The molecule has 0 saturated carbocycles. The molecule has 1 N–H and O–H groups in total. The first kappa shape index (κ1) is 14.2. The lowest BCUT2D eigenvalue weighted by Gasteiger charge is -2.17. The van der Waals surface area contributed by atoms with Crippen molar-refractivity contribution >= 4 is 0 Å². The van der Waals surface area contributed by atoms with Gasteiger partial charge in [-0.2, -0.15) is 0 Å². The van der Waals surface area contributed by atoms with Crippen LogP contribution in [0.5, 0.6) is 0 Å². The molecule has 0 aromatic heterocycles. The van der Waals surface area contributed by atoms with Crippen LogP contribution in [0.1, 0.15) is 31.7 Å². The molecule has 0 amide bonds. The highest BCUT2D eigenvalue weighted by molar-refractivity contribution is 5.14. The number of hydrogen-bond acceptors (Lipinski definition) is 2. The number of aryl methyl sites for hydroxylation is 1. The summed E-state index contributed by atoms with van der Waals surface area (Å²) in [6, 6.07) is 11.3. The molecule has 0 aliphatic carbocycles. The average molecular weight is 235 g/mol. The zero-order chi connectivity index (χ0) is 12.3. The monoisotopic (exact) mass is 235 g/mol. The number of methoxy groups -OCH3 is 1. The van der Waals surface area contributed by atoms with Crippen LogP contribution in [0.25, 0.3) is 0 Å². The van der Waals surface area contributed by atoms with E-state index < -0.39 is 0 Å². The molecule has 0 aliphatic heterocycles. The summed E-state index contributed by atoms with van der Waals surface area (Å²) >= 11 is 0. The Labute approximate surface area is 105 Å². The smallest absolute Gasteiger partial charge is 0.0462 e. The molecule has 1 aromatic carbocycles. The Morgan fingerprint density at radius 2 is 1.94 bits per heavy atom. The number of rotatable bonds is 9. The Morgan fingerprint density at radius 3 is 2.59 bits per heavy atom. The predicted octanol–water partition coefficient (Wildman–Crippen LogP) is 3.02. The van der Waals surface area contributed by atoms with Crippen LogP contribution in [0, 0.1) is 0 Å². The van der Waals surface area contributed by atoms with Gasteiger partial charge >= 0.3 is 0 Å². The van der Waals surface area contributed by atoms with Gasteiger partial charge in [0, 0.05) is 19.8 Å². The lowest BCUT2D eigenvalue weighted by atomic mass is 10.0. The molecule has 0 aliphatic rings. The van der Waals surface area contributed by atoms with Crippen LogP contribution < -0.4 is 5.32 Å². The highest BCUT2D eigenvalue weighted by atomic mass is 16.5. The lowest BCUT2D eigenvalue weighted by molar-refractivity contribution is 0.188. The van der Waals surface area contributed by atoms with E-state index in [0.717, 1.165) is 26.0 Å². The zero-order valence-corrected chi connectivity index (χ0v) is 11.1. The molecule has 0 saturated heterocycles. The molecule has 2 heteroatoms. The summed E-state index contributed by atoms with van der Waals surface area (Å²) in [5, 5.41) is 3.56. The molecule has 17 heavy (non-hydrogen) atoms. The van der Waals surface area contributed by atoms with Crippen LogP contribution in [-0.4, -0.2) is 26.3 Å². The molecule has 0 radical (unpaired) electrons. The molecular weight excluding hydrogens is 210 g/mol. The van der Waals surface area contributed by atoms with Crippen molar-refractivity contribution in [1.29, 1.82) is 0 Å². The third-order valence-electron chi connectivity index (χ3n) is 3.02. The maximum atomic E-state index is 5.11. The van der Waals surface area contributed by atoms with Crippen LogP contribution in [0.15, 0.2) is 30.3 Å².